The van der Waals surface area contributed by atoms with Crippen molar-refractivity contribution in [2.75, 3.05) is 13.7 Å². The van der Waals surface area contributed by atoms with Gasteiger partial charge in [-0.3, -0.25) is 4.79 Å². The van der Waals surface area contributed by atoms with Crippen molar-refractivity contribution in [3.63, 3.8) is 0 Å². The van der Waals surface area contributed by atoms with Crippen molar-refractivity contribution >= 4 is 21.8 Å². The van der Waals surface area contributed by atoms with Crippen LogP contribution in [-0.4, -0.2) is 25.7 Å². The maximum atomic E-state index is 11.6. The van der Waals surface area contributed by atoms with Crippen molar-refractivity contribution in [3.8, 4) is 0 Å². The Morgan fingerprint density at radius 3 is 2.65 bits per heavy atom. The number of hydrogen-bond donors (Lipinski definition) is 2. The number of nitrogens with two attached hydrogens (primary N) is 1. The van der Waals surface area contributed by atoms with Gasteiger partial charge in [-0.15, -0.1) is 0 Å². The highest BCUT2D eigenvalue weighted by Crippen LogP contribution is 2.10. The molecule has 0 aromatic heterocycles. The molecule has 1 rings (SSSR count). The molecule has 1 atom stereocenters. The Labute approximate surface area is 110 Å². The lowest BCUT2D eigenvalue weighted by Gasteiger charge is -2.12. The fraction of sp³-hybridized carbons (Fsp3) is 0.417. The lowest BCUT2D eigenvalue weighted by molar-refractivity contribution is -0.123. The van der Waals surface area contributed by atoms with Crippen LogP contribution in [0.25, 0.3) is 0 Å². The topological polar surface area (TPSA) is 64.3 Å². The Hall–Kier alpha value is -0.910. The first-order chi connectivity index (χ1) is 8.15. The van der Waals surface area contributed by atoms with E-state index in [1.54, 1.807) is 7.11 Å². The minimum absolute atomic E-state index is 0.0507. The number of methoxy groups -OCH3 is 1. The van der Waals surface area contributed by atoms with E-state index in [2.05, 4.69) is 21.2 Å². The van der Waals surface area contributed by atoms with Crippen LogP contribution in [0.3, 0.4) is 0 Å². The molecule has 1 aromatic rings. The summed E-state index contributed by atoms with van der Waals surface area (Å²) in [7, 11) is 1.56. The molecule has 0 saturated carbocycles. The highest BCUT2D eigenvalue weighted by atomic mass is 79.9. The lowest BCUT2D eigenvalue weighted by atomic mass is 10.2. The molecule has 0 bridgehead atoms. The van der Waals surface area contributed by atoms with Crippen molar-refractivity contribution < 1.29 is 9.53 Å². The molecular weight excluding hydrogens is 284 g/mol. The molecule has 1 amide bonds. The van der Waals surface area contributed by atoms with Gasteiger partial charge < -0.3 is 15.8 Å². The molecule has 1 unspecified atom stereocenters. The first-order valence-electron chi connectivity index (χ1n) is 5.39. The van der Waals surface area contributed by atoms with Crippen LogP contribution in [0.15, 0.2) is 28.7 Å². The normalized spacial score (nSPS) is 12.2. The second-order valence-corrected chi connectivity index (χ2v) is 4.62. The molecule has 3 N–H and O–H groups in total. The molecule has 94 valence electrons. The number of benzene rings is 1. The van der Waals surface area contributed by atoms with Crippen molar-refractivity contribution in [2.24, 2.45) is 5.73 Å². The van der Waals surface area contributed by atoms with E-state index in [1.165, 1.54) is 0 Å². The summed E-state index contributed by atoms with van der Waals surface area (Å²) < 4.78 is 6.07. The highest BCUT2D eigenvalue weighted by Gasteiger charge is 2.10. The van der Waals surface area contributed by atoms with Gasteiger partial charge >= 0.3 is 0 Å². The standard InChI is InChI=1S/C12H17BrN2O2/c1-17-11(7-14)6-12(16)15-8-9-2-4-10(13)5-3-9/h2-5,11H,6-8,14H2,1H3,(H,15,16). The second kappa shape index (κ2) is 7.42. The first kappa shape index (κ1) is 14.2. The summed E-state index contributed by atoms with van der Waals surface area (Å²) >= 11 is 3.36. The predicted molar refractivity (Wildman–Crippen MR) is 70.5 cm³/mol. The van der Waals surface area contributed by atoms with Crippen LogP contribution >= 0.6 is 15.9 Å². The van der Waals surface area contributed by atoms with Crippen LogP contribution in [-0.2, 0) is 16.1 Å². The first-order valence-corrected chi connectivity index (χ1v) is 6.19. The molecule has 0 spiro atoms. The predicted octanol–water partition coefficient (Wildman–Crippen LogP) is 1.43. The van der Waals surface area contributed by atoms with Gasteiger partial charge in [0, 0.05) is 24.7 Å². The Bertz CT molecular complexity index is 350. The summed E-state index contributed by atoms with van der Waals surface area (Å²) in [4.78, 5) is 11.6. The van der Waals surface area contributed by atoms with E-state index >= 15 is 0 Å². The summed E-state index contributed by atoms with van der Waals surface area (Å²) in [6.07, 6.45) is 0.0868. The number of halogens is 1. The van der Waals surface area contributed by atoms with Gasteiger partial charge in [0.2, 0.25) is 5.91 Å². The zero-order chi connectivity index (χ0) is 12.7. The molecule has 0 aliphatic rings. The number of amides is 1. The Morgan fingerprint density at radius 2 is 2.12 bits per heavy atom. The maximum Gasteiger partial charge on any atom is 0.222 e. The van der Waals surface area contributed by atoms with Crippen molar-refractivity contribution in [2.45, 2.75) is 19.1 Å². The quantitative estimate of drug-likeness (QED) is 0.835. The lowest BCUT2D eigenvalue weighted by Crippen LogP contribution is -2.31. The van der Waals surface area contributed by atoms with Gasteiger partial charge in [0.1, 0.15) is 0 Å². The van der Waals surface area contributed by atoms with Gasteiger partial charge in [-0.25, -0.2) is 0 Å². The third-order valence-corrected chi connectivity index (χ3v) is 2.94. The van der Waals surface area contributed by atoms with Crippen molar-refractivity contribution in [1.29, 1.82) is 0 Å². The van der Waals surface area contributed by atoms with Crippen LogP contribution < -0.4 is 11.1 Å². The van der Waals surface area contributed by atoms with Gasteiger partial charge in [0.05, 0.1) is 12.5 Å². The van der Waals surface area contributed by atoms with Crippen molar-refractivity contribution in [1.82, 2.24) is 5.32 Å². The molecule has 0 heterocycles. The molecule has 0 saturated heterocycles. The molecular formula is C12H17BrN2O2. The summed E-state index contributed by atoms with van der Waals surface area (Å²) in [5.74, 6) is -0.0507. The van der Waals surface area contributed by atoms with E-state index in [9.17, 15) is 4.79 Å². The number of carbonyl (C=O) groups is 1. The summed E-state index contributed by atoms with van der Waals surface area (Å²) in [5, 5.41) is 2.83. The van der Waals surface area contributed by atoms with Crippen LogP contribution in [0.2, 0.25) is 0 Å². The molecule has 1 aromatic carbocycles. The van der Waals surface area contributed by atoms with E-state index in [0.717, 1.165) is 10.0 Å². The molecule has 0 aliphatic heterocycles. The Balaban J connectivity index is 2.35. The number of carbonyl (C=O) groups excluding carboxylic acids is 1. The molecule has 0 radical (unpaired) electrons. The van der Waals surface area contributed by atoms with Gasteiger partial charge in [0.15, 0.2) is 0 Å². The molecule has 5 heteroatoms. The average molecular weight is 301 g/mol. The highest BCUT2D eigenvalue weighted by molar-refractivity contribution is 9.10. The molecule has 4 nitrogen and oxygen atoms in total. The largest absolute Gasteiger partial charge is 0.380 e. The van der Waals surface area contributed by atoms with Gasteiger partial charge in [0.25, 0.3) is 0 Å². The maximum absolute atomic E-state index is 11.6. The number of hydrogen-bond acceptors (Lipinski definition) is 3. The smallest absolute Gasteiger partial charge is 0.222 e. The zero-order valence-corrected chi connectivity index (χ0v) is 11.4. The third kappa shape index (κ3) is 5.30. The minimum atomic E-state index is -0.208. The Kier molecular flexibility index (Phi) is 6.18. The van der Waals surface area contributed by atoms with Crippen LogP contribution in [0.1, 0.15) is 12.0 Å². The monoisotopic (exact) mass is 300 g/mol. The van der Waals surface area contributed by atoms with E-state index in [4.69, 9.17) is 10.5 Å². The third-order valence-electron chi connectivity index (χ3n) is 2.41. The minimum Gasteiger partial charge on any atom is -0.380 e. The number of ether oxygens (including phenoxy) is 1. The number of nitrogens with one attached hydrogen (secondary N) is 1. The van der Waals surface area contributed by atoms with Gasteiger partial charge in [-0.2, -0.15) is 0 Å². The fourth-order valence-corrected chi connectivity index (χ4v) is 1.61. The van der Waals surface area contributed by atoms with Gasteiger partial charge in [-0.1, -0.05) is 28.1 Å². The van der Waals surface area contributed by atoms with Crippen LogP contribution in [0.4, 0.5) is 0 Å². The molecule has 0 fully saturated rings. The zero-order valence-electron chi connectivity index (χ0n) is 9.78. The Morgan fingerprint density at radius 1 is 1.47 bits per heavy atom. The van der Waals surface area contributed by atoms with Crippen molar-refractivity contribution in [3.05, 3.63) is 34.3 Å². The van der Waals surface area contributed by atoms with Crippen LogP contribution in [0, 0.1) is 0 Å². The summed E-state index contributed by atoms with van der Waals surface area (Å²) in [6.45, 7) is 0.870. The summed E-state index contributed by atoms with van der Waals surface area (Å²) in [5.41, 5.74) is 6.50. The second-order valence-electron chi connectivity index (χ2n) is 3.70. The average Bonchev–Trinajstić information content (AvgIpc) is 2.35. The van der Waals surface area contributed by atoms with E-state index < -0.39 is 0 Å². The van der Waals surface area contributed by atoms with E-state index in [1.807, 2.05) is 24.3 Å². The molecule has 17 heavy (non-hydrogen) atoms. The fourth-order valence-electron chi connectivity index (χ4n) is 1.34. The van der Waals surface area contributed by atoms with Crippen LogP contribution in [0.5, 0.6) is 0 Å². The summed E-state index contributed by atoms with van der Waals surface area (Å²) in [6, 6.07) is 7.81. The number of rotatable bonds is 6. The molecule has 0 aliphatic carbocycles. The van der Waals surface area contributed by atoms with E-state index in [0.29, 0.717) is 19.5 Å². The van der Waals surface area contributed by atoms with Gasteiger partial charge in [-0.05, 0) is 17.7 Å². The SMILES string of the molecule is COC(CN)CC(=O)NCc1ccc(Br)cc1. The van der Waals surface area contributed by atoms with E-state index in [-0.39, 0.29) is 12.0 Å².